The van der Waals surface area contributed by atoms with Crippen LogP contribution >= 0.6 is 0 Å². The number of benzene rings is 2. The summed E-state index contributed by atoms with van der Waals surface area (Å²) in [6, 6.07) is 15.0. The van der Waals surface area contributed by atoms with Gasteiger partial charge in [-0.05, 0) is 42.7 Å². The van der Waals surface area contributed by atoms with Gasteiger partial charge in [-0.25, -0.2) is 0 Å². The van der Waals surface area contributed by atoms with E-state index in [9.17, 15) is 9.90 Å². The van der Waals surface area contributed by atoms with Gasteiger partial charge in [0.25, 0.3) is 0 Å². The number of carbonyl (C=O) groups excluding carboxylic acids is 1. The zero-order chi connectivity index (χ0) is 17.2. The minimum absolute atomic E-state index is 0.0870. The predicted molar refractivity (Wildman–Crippen MR) is 99.3 cm³/mol. The fourth-order valence-electron chi connectivity index (χ4n) is 2.43. The molecular weight excluding hydrogens is 298 g/mol. The summed E-state index contributed by atoms with van der Waals surface area (Å²) in [4.78, 5) is 12.3. The highest BCUT2D eigenvalue weighted by Gasteiger charge is 2.11. The Kier molecular flexibility index (Phi) is 6.99. The van der Waals surface area contributed by atoms with Crippen molar-refractivity contribution in [3.63, 3.8) is 0 Å². The van der Waals surface area contributed by atoms with Crippen LogP contribution in [0, 0.1) is 0 Å². The summed E-state index contributed by atoms with van der Waals surface area (Å²) in [6.45, 7) is 5.27. The number of nitrogens with one attached hydrogen (secondary N) is 1. The van der Waals surface area contributed by atoms with Gasteiger partial charge >= 0.3 is 0 Å². The second-order valence-corrected chi connectivity index (χ2v) is 5.52. The molecule has 0 amide bonds. The Morgan fingerprint density at radius 2 is 1.92 bits per heavy atom. The summed E-state index contributed by atoms with van der Waals surface area (Å²) in [5, 5.41) is 13.6. The highest BCUT2D eigenvalue weighted by Crippen LogP contribution is 2.24. The Bertz CT molecular complexity index is 705. The van der Waals surface area contributed by atoms with Gasteiger partial charge in [0.2, 0.25) is 0 Å². The van der Waals surface area contributed by atoms with Crippen molar-refractivity contribution in [3.8, 4) is 5.75 Å². The van der Waals surface area contributed by atoms with Crippen LogP contribution in [0.3, 0.4) is 0 Å². The van der Waals surface area contributed by atoms with Gasteiger partial charge in [-0.3, -0.25) is 4.79 Å². The van der Waals surface area contributed by atoms with E-state index in [0.717, 1.165) is 37.1 Å². The van der Waals surface area contributed by atoms with Gasteiger partial charge in [0.1, 0.15) is 5.75 Å². The van der Waals surface area contributed by atoms with Crippen molar-refractivity contribution in [2.45, 2.75) is 12.8 Å². The minimum Gasteiger partial charge on any atom is -0.507 e. The number of aryl methyl sites for hydroxylation is 1. The lowest BCUT2D eigenvalue weighted by atomic mass is 10.0. The van der Waals surface area contributed by atoms with E-state index < -0.39 is 0 Å². The molecule has 0 heterocycles. The molecule has 3 heteroatoms. The number of allylic oxidation sites excluding steroid dienone is 1. The Morgan fingerprint density at radius 3 is 2.67 bits per heavy atom. The van der Waals surface area contributed by atoms with Crippen molar-refractivity contribution in [2.75, 3.05) is 13.1 Å². The van der Waals surface area contributed by atoms with E-state index in [1.54, 1.807) is 12.1 Å². The van der Waals surface area contributed by atoms with Crippen LogP contribution in [-0.4, -0.2) is 24.0 Å². The van der Waals surface area contributed by atoms with Crippen molar-refractivity contribution in [3.05, 3.63) is 84.0 Å². The second kappa shape index (κ2) is 9.48. The first-order valence-electron chi connectivity index (χ1n) is 8.12. The van der Waals surface area contributed by atoms with Crippen LogP contribution in [0.1, 0.15) is 27.9 Å². The van der Waals surface area contributed by atoms with E-state index >= 15 is 0 Å². The number of phenolic OH excluding ortho intramolecular Hbond substituents is 1. The molecular formula is C21H23NO2. The third kappa shape index (κ3) is 5.21. The highest BCUT2D eigenvalue weighted by molar-refractivity contribution is 6.08. The number of hydrogen-bond donors (Lipinski definition) is 2. The van der Waals surface area contributed by atoms with E-state index in [0.29, 0.717) is 5.56 Å². The molecule has 0 atom stereocenters. The maximum atomic E-state index is 12.3. The van der Waals surface area contributed by atoms with E-state index in [-0.39, 0.29) is 11.5 Å². The molecule has 0 radical (unpaired) electrons. The maximum Gasteiger partial charge on any atom is 0.189 e. The van der Waals surface area contributed by atoms with Crippen LogP contribution in [0.25, 0.3) is 6.08 Å². The lowest BCUT2D eigenvalue weighted by Gasteiger charge is -2.08. The summed E-state index contributed by atoms with van der Waals surface area (Å²) in [5.41, 5.74) is 2.10. The Morgan fingerprint density at radius 1 is 1.12 bits per heavy atom. The molecule has 2 N–H and O–H groups in total. The zero-order valence-corrected chi connectivity index (χ0v) is 13.7. The average Bonchev–Trinajstić information content (AvgIpc) is 2.61. The molecule has 0 fully saturated rings. The SMILES string of the molecule is C=CCNCCCc1cccc(C(=O)C=Cc2ccccc2)c1O. The Hall–Kier alpha value is -2.65. The van der Waals surface area contributed by atoms with E-state index in [4.69, 9.17) is 0 Å². The van der Waals surface area contributed by atoms with E-state index in [1.165, 1.54) is 6.08 Å². The number of aromatic hydroxyl groups is 1. The molecule has 24 heavy (non-hydrogen) atoms. The van der Waals surface area contributed by atoms with Crippen molar-refractivity contribution in [1.29, 1.82) is 0 Å². The quantitative estimate of drug-likeness (QED) is 0.318. The monoisotopic (exact) mass is 321 g/mol. The van der Waals surface area contributed by atoms with Gasteiger partial charge in [0, 0.05) is 6.54 Å². The molecule has 0 aliphatic carbocycles. The van der Waals surface area contributed by atoms with Gasteiger partial charge in [0.15, 0.2) is 5.78 Å². The number of rotatable bonds is 9. The number of phenols is 1. The lowest BCUT2D eigenvalue weighted by molar-refractivity contribution is 0.104. The van der Waals surface area contributed by atoms with Gasteiger partial charge in [-0.15, -0.1) is 6.58 Å². The largest absolute Gasteiger partial charge is 0.507 e. The van der Waals surface area contributed by atoms with Crippen molar-refractivity contribution < 1.29 is 9.90 Å². The van der Waals surface area contributed by atoms with Crippen LogP contribution in [0.4, 0.5) is 0 Å². The summed E-state index contributed by atoms with van der Waals surface area (Å²) in [6.07, 6.45) is 6.68. The number of ketones is 1. The molecule has 2 rings (SSSR count). The fraction of sp³-hybridized carbons (Fsp3) is 0.190. The number of para-hydroxylation sites is 1. The third-order valence-corrected chi connectivity index (χ3v) is 3.70. The van der Waals surface area contributed by atoms with E-state index in [2.05, 4.69) is 11.9 Å². The molecule has 0 unspecified atom stereocenters. The van der Waals surface area contributed by atoms with E-state index in [1.807, 2.05) is 48.5 Å². The summed E-state index contributed by atoms with van der Waals surface area (Å²) < 4.78 is 0. The first kappa shape index (κ1) is 17.7. The van der Waals surface area contributed by atoms with Gasteiger partial charge in [-0.1, -0.05) is 54.6 Å². The first-order valence-corrected chi connectivity index (χ1v) is 8.12. The average molecular weight is 321 g/mol. The van der Waals surface area contributed by atoms with Crippen molar-refractivity contribution in [2.24, 2.45) is 0 Å². The fourth-order valence-corrected chi connectivity index (χ4v) is 2.43. The molecule has 2 aromatic rings. The molecule has 0 saturated heterocycles. The van der Waals surface area contributed by atoms with Crippen LogP contribution in [-0.2, 0) is 6.42 Å². The molecule has 3 nitrogen and oxygen atoms in total. The van der Waals surface area contributed by atoms with Crippen LogP contribution in [0.5, 0.6) is 5.75 Å². The standard InChI is InChI=1S/C21H23NO2/c1-2-15-22-16-7-11-18-10-6-12-19(21(18)24)20(23)14-13-17-8-4-3-5-9-17/h2-6,8-10,12-14,22,24H,1,7,11,15-16H2. The Balaban J connectivity index is 2.02. The topological polar surface area (TPSA) is 49.3 Å². The Labute approximate surface area is 143 Å². The molecule has 0 aliphatic heterocycles. The number of carbonyl (C=O) groups is 1. The predicted octanol–water partition coefficient (Wildman–Crippen LogP) is 4.00. The van der Waals surface area contributed by atoms with Crippen LogP contribution in [0.15, 0.2) is 67.3 Å². The normalized spacial score (nSPS) is 10.8. The summed E-state index contributed by atoms with van der Waals surface area (Å²) in [5.74, 6) is -0.105. The van der Waals surface area contributed by atoms with Crippen LogP contribution < -0.4 is 5.32 Å². The van der Waals surface area contributed by atoms with Crippen molar-refractivity contribution >= 4 is 11.9 Å². The highest BCUT2D eigenvalue weighted by atomic mass is 16.3. The minimum atomic E-state index is -0.192. The summed E-state index contributed by atoms with van der Waals surface area (Å²) in [7, 11) is 0. The molecule has 0 aliphatic rings. The summed E-state index contributed by atoms with van der Waals surface area (Å²) >= 11 is 0. The molecule has 0 spiro atoms. The first-order chi connectivity index (χ1) is 11.7. The number of hydrogen-bond acceptors (Lipinski definition) is 3. The zero-order valence-electron chi connectivity index (χ0n) is 13.7. The second-order valence-electron chi connectivity index (χ2n) is 5.52. The maximum absolute atomic E-state index is 12.3. The van der Waals surface area contributed by atoms with Gasteiger partial charge < -0.3 is 10.4 Å². The van der Waals surface area contributed by atoms with Gasteiger partial charge in [-0.2, -0.15) is 0 Å². The van der Waals surface area contributed by atoms with Crippen molar-refractivity contribution in [1.82, 2.24) is 5.32 Å². The lowest BCUT2D eigenvalue weighted by Crippen LogP contribution is -2.15. The molecule has 0 aromatic heterocycles. The van der Waals surface area contributed by atoms with Crippen LogP contribution in [0.2, 0.25) is 0 Å². The third-order valence-electron chi connectivity index (χ3n) is 3.70. The molecule has 2 aromatic carbocycles. The smallest absolute Gasteiger partial charge is 0.189 e. The van der Waals surface area contributed by atoms with Gasteiger partial charge in [0.05, 0.1) is 5.56 Å². The molecule has 0 saturated carbocycles. The molecule has 124 valence electrons. The molecule has 0 bridgehead atoms.